The first-order chi connectivity index (χ1) is 6.88. The van der Waals surface area contributed by atoms with Crippen molar-refractivity contribution in [3.05, 3.63) is 0 Å². The van der Waals surface area contributed by atoms with Crippen LogP contribution < -0.4 is 5.32 Å². The zero-order chi connectivity index (χ0) is 11.6. The van der Waals surface area contributed by atoms with Gasteiger partial charge in [0, 0.05) is 37.3 Å². The fraction of sp³-hybridized carbons (Fsp3) is 1.00. The standard InChI is InChI=1S/C12H27N3/c1-10(2)15-8-11(7-13-5)14(6)12(3,4)9-15/h10-11,13H,7-9H2,1-6H3. The molecule has 0 amide bonds. The SMILES string of the molecule is CNCC1CN(C(C)C)CC(C)(C)N1C. The third-order valence-corrected chi connectivity index (χ3v) is 3.71. The van der Waals surface area contributed by atoms with E-state index in [1.807, 2.05) is 7.05 Å². The van der Waals surface area contributed by atoms with Crippen molar-refractivity contribution < 1.29 is 0 Å². The highest BCUT2D eigenvalue weighted by molar-refractivity contribution is 4.95. The Kier molecular flexibility index (Phi) is 4.15. The Bertz CT molecular complexity index is 201. The predicted octanol–water partition coefficient (Wildman–Crippen LogP) is 1.01. The molecule has 1 unspecified atom stereocenters. The van der Waals surface area contributed by atoms with E-state index in [4.69, 9.17) is 0 Å². The molecule has 0 saturated carbocycles. The lowest BCUT2D eigenvalue weighted by Gasteiger charge is -2.51. The second-order valence-electron chi connectivity index (χ2n) is 5.66. The first-order valence-corrected chi connectivity index (χ1v) is 6.00. The summed E-state index contributed by atoms with van der Waals surface area (Å²) in [5, 5.41) is 3.30. The second-order valence-corrected chi connectivity index (χ2v) is 5.66. The van der Waals surface area contributed by atoms with Gasteiger partial charge in [0.2, 0.25) is 0 Å². The largest absolute Gasteiger partial charge is 0.318 e. The van der Waals surface area contributed by atoms with Crippen LogP contribution in [0.3, 0.4) is 0 Å². The van der Waals surface area contributed by atoms with Crippen molar-refractivity contribution in [2.45, 2.75) is 45.3 Å². The molecule has 0 aromatic heterocycles. The maximum atomic E-state index is 3.30. The van der Waals surface area contributed by atoms with Crippen molar-refractivity contribution in [1.82, 2.24) is 15.1 Å². The highest BCUT2D eigenvalue weighted by Crippen LogP contribution is 2.24. The third-order valence-electron chi connectivity index (χ3n) is 3.71. The van der Waals surface area contributed by atoms with Gasteiger partial charge in [0.1, 0.15) is 0 Å². The second kappa shape index (κ2) is 4.81. The summed E-state index contributed by atoms with van der Waals surface area (Å²) in [4.78, 5) is 5.10. The summed E-state index contributed by atoms with van der Waals surface area (Å²) in [6.45, 7) is 12.7. The lowest BCUT2D eigenvalue weighted by Crippen LogP contribution is -2.65. The van der Waals surface area contributed by atoms with Crippen LogP contribution in [-0.4, -0.2) is 61.2 Å². The van der Waals surface area contributed by atoms with Crippen LogP contribution in [0.5, 0.6) is 0 Å². The summed E-state index contributed by atoms with van der Waals surface area (Å²) in [5.74, 6) is 0. The van der Waals surface area contributed by atoms with Crippen LogP contribution >= 0.6 is 0 Å². The van der Waals surface area contributed by atoms with Gasteiger partial charge in [-0.2, -0.15) is 0 Å². The Morgan fingerprint density at radius 3 is 2.47 bits per heavy atom. The summed E-state index contributed by atoms with van der Waals surface area (Å²) in [7, 11) is 4.29. The van der Waals surface area contributed by atoms with Gasteiger partial charge in [0.05, 0.1) is 0 Å². The average Bonchev–Trinajstić information content (AvgIpc) is 2.12. The van der Waals surface area contributed by atoms with Gasteiger partial charge < -0.3 is 5.32 Å². The minimum Gasteiger partial charge on any atom is -0.318 e. The van der Waals surface area contributed by atoms with Gasteiger partial charge >= 0.3 is 0 Å². The lowest BCUT2D eigenvalue weighted by molar-refractivity contribution is -0.0177. The van der Waals surface area contributed by atoms with Gasteiger partial charge in [-0.25, -0.2) is 0 Å². The smallest absolute Gasteiger partial charge is 0.0350 e. The molecule has 0 aromatic carbocycles. The van der Waals surface area contributed by atoms with Crippen LogP contribution in [-0.2, 0) is 0 Å². The summed E-state index contributed by atoms with van der Waals surface area (Å²) >= 11 is 0. The van der Waals surface area contributed by atoms with Crippen LogP contribution in [0, 0.1) is 0 Å². The van der Waals surface area contributed by atoms with E-state index in [2.05, 4.69) is 49.9 Å². The highest BCUT2D eigenvalue weighted by atomic mass is 15.3. The molecule has 0 spiro atoms. The summed E-state index contributed by atoms with van der Waals surface area (Å²) < 4.78 is 0. The van der Waals surface area contributed by atoms with E-state index in [0.29, 0.717) is 12.1 Å². The minimum absolute atomic E-state index is 0.282. The van der Waals surface area contributed by atoms with Crippen LogP contribution in [0.25, 0.3) is 0 Å². The van der Waals surface area contributed by atoms with Gasteiger partial charge in [-0.05, 0) is 41.8 Å². The number of piperazine rings is 1. The molecule has 1 atom stereocenters. The number of rotatable bonds is 3. The molecule has 3 heteroatoms. The van der Waals surface area contributed by atoms with Gasteiger partial charge in [-0.1, -0.05) is 0 Å². The van der Waals surface area contributed by atoms with E-state index in [-0.39, 0.29) is 5.54 Å². The van der Waals surface area contributed by atoms with E-state index in [9.17, 15) is 0 Å². The van der Waals surface area contributed by atoms with E-state index >= 15 is 0 Å². The van der Waals surface area contributed by atoms with Crippen LogP contribution in [0.15, 0.2) is 0 Å². The van der Waals surface area contributed by atoms with Crippen LogP contribution in [0.1, 0.15) is 27.7 Å². The molecule has 0 aliphatic carbocycles. The molecule has 1 heterocycles. The molecule has 1 rings (SSSR count). The summed E-state index contributed by atoms with van der Waals surface area (Å²) in [5.41, 5.74) is 0.282. The topological polar surface area (TPSA) is 18.5 Å². The average molecular weight is 213 g/mol. The van der Waals surface area contributed by atoms with Crippen LogP contribution in [0.2, 0.25) is 0 Å². The van der Waals surface area contributed by atoms with Crippen molar-refractivity contribution in [2.75, 3.05) is 33.7 Å². The Morgan fingerprint density at radius 2 is 2.00 bits per heavy atom. The van der Waals surface area contributed by atoms with Gasteiger partial charge in [0.25, 0.3) is 0 Å². The molecule has 1 N–H and O–H groups in total. The fourth-order valence-electron chi connectivity index (χ4n) is 2.39. The molecule has 15 heavy (non-hydrogen) atoms. The first-order valence-electron chi connectivity index (χ1n) is 6.00. The van der Waals surface area contributed by atoms with Crippen molar-refractivity contribution in [1.29, 1.82) is 0 Å². The van der Waals surface area contributed by atoms with Crippen molar-refractivity contribution in [2.24, 2.45) is 0 Å². The monoisotopic (exact) mass is 213 g/mol. The van der Waals surface area contributed by atoms with Gasteiger partial charge in [-0.3, -0.25) is 9.80 Å². The molecular weight excluding hydrogens is 186 g/mol. The predicted molar refractivity (Wildman–Crippen MR) is 66.3 cm³/mol. The van der Waals surface area contributed by atoms with E-state index in [0.717, 1.165) is 6.54 Å². The minimum atomic E-state index is 0.282. The zero-order valence-corrected chi connectivity index (χ0v) is 11.2. The van der Waals surface area contributed by atoms with Crippen LogP contribution in [0.4, 0.5) is 0 Å². The third kappa shape index (κ3) is 2.92. The summed E-state index contributed by atoms with van der Waals surface area (Å²) in [6, 6.07) is 1.28. The number of nitrogens with one attached hydrogen (secondary N) is 1. The quantitative estimate of drug-likeness (QED) is 0.755. The molecule has 1 aliphatic heterocycles. The van der Waals surface area contributed by atoms with Crippen molar-refractivity contribution in [3.8, 4) is 0 Å². The molecule has 0 radical (unpaired) electrons. The van der Waals surface area contributed by atoms with E-state index in [1.165, 1.54) is 13.1 Å². The van der Waals surface area contributed by atoms with Crippen molar-refractivity contribution in [3.63, 3.8) is 0 Å². The number of hydrogen-bond donors (Lipinski definition) is 1. The number of nitrogens with zero attached hydrogens (tertiary/aromatic N) is 2. The molecule has 0 aromatic rings. The molecule has 1 aliphatic rings. The van der Waals surface area contributed by atoms with E-state index < -0.39 is 0 Å². The molecule has 3 nitrogen and oxygen atoms in total. The first kappa shape index (κ1) is 12.9. The zero-order valence-electron chi connectivity index (χ0n) is 11.2. The van der Waals surface area contributed by atoms with Gasteiger partial charge in [0.15, 0.2) is 0 Å². The Labute approximate surface area is 94.8 Å². The van der Waals surface area contributed by atoms with Crippen molar-refractivity contribution >= 4 is 0 Å². The number of likely N-dealkylation sites (N-methyl/N-ethyl adjacent to an activating group) is 2. The Balaban J connectivity index is 2.72. The highest BCUT2D eigenvalue weighted by Gasteiger charge is 2.37. The molecule has 1 saturated heterocycles. The molecular formula is C12H27N3. The Morgan fingerprint density at radius 1 is 1.40 bits per heavy atom. The number of hydrogen-bond acceptors (Lipinski definition) is 3. The van der Waals surface area contributed by atoms with Gasteiger partial charge in [-0.15, -0.1) is 0 Å². The summed E-state index contributed by atoms with van der Waals surface area (Å²) in [6.07, 6.45) is 0. The Hall–Kier alpha value is -0.120. The molecule has 1 fully saturated rings. The van der Waals surface area contributed by atoms with E-state index in [1.54, 1.807) is 0 Å². The molecule has 0 bridgehead atoms. The maximum Gasteiger partial charge on any atom is 0.0350 e. The maximum absolute atomic E-state index is 3.30. The fourth-order valence-corrected chi connectivity index (χ4v) is 2.39. The lowest BCUT2D eigenvalue weighted by atomic mass is 9.94. The molecule has 90 valence electrons. The normalized spacial score (nSPS) is 28.6.